The average Bonchev–Trinajstić information content (AvgIpc) is 3.21. The smallest absolute Gasteiger partial charge is 0.412 e. The number of aliphatic hydroxyl groups excluding tert-OH is 1. The Kier molecular flexibility index (Phi) is 8.26. The van der Waals surface area contributed by atoms with Crippen LogP contribution in [0.2, 0.25) is 0 Å². The van der Waals surface area contributed by atoms with Crippen molar-refractivity contribution in [2.24, 2.45) is 5.73 Å². The van der Waals surface area contributed by atoms with E-state index in [4.69, 9.17) is 10.5 Å². The van der Waals surface area contributed by atoms with Gasteiger partial charge in [0.2, 0.25) is 5.91 Å². The van der Waals surface area contributed by atoms with Gasteiger partial charge in [-0.05, 0) is 45.0 Å². The Morgan fingerprint density at radius 2 is 1.85 bits per heavy atom. The van der Waals surface area contributed by atoms with E-state index in [-0.39, 0.29) is 11.4 Å². The Bertz CT molecular complexity index is 1060. The third kappa shape index (κ3) is 7.70. The highest BCUT2D eigenvalue weighted by atomic mass is 32.1. The van der Waals surface area contributed by atoms with E-state index in [2.05, 4.69) is 27.5 Å². The Hall–Kier alpha value is -3.77. The molecule has 2 aromatic rings. The van der Waals surface area contributed by atoms with Gasteiger partial charge < -0.3 is 26.2 Å². The van der Waals surface area contributed by atoms with Crippen LogP contribution >= 0.6 is 11.3 Å². The number of ether oxygens (including phenoxy) is 1. The van der Waals surface area contributed by atoms with Gasteiger partial charge in [-0.1, -0.05) is 6.58 Å². The normalized spacial score (nSPS) is 11.8. The van der Waals surface area contributed by atoms with Crippen LogP contribution in [0.1, 0.15) is 31.3 Å². The lowest BCUT2D eigenvalue weighted by atomic mass is 10.2. The van der Waals surface area contributed by atoms with Crippen molar-refractivity contribution in [1.29, 1.82) is 0 Å². The van der Waals surface area contributed by atoms with Crippen LogP contribution in [0, 0.1) is 0 Å². The predicted molar refractivity (Wildman–Crippen MR) is 122 cm³/mol. The molecule has 2 rings (SSSR count). The van der Waals surface area contributed by atoms with Crippen molar-refractivity contribution in [3.63, 3.8) is 0 Å². The number of nitrogens with one attached hydrogen (secondary N) is 3. The fraction of sp³-hybridized carbons (Fsp3) is 0.286. The molecule has 6 N–H and O–H groups in total. The van der Waals surface area contributed by atoms with E-state index in [0.29, 0.717) is 16.3 Å². The molecule has 0 radical (unpaired) electrons. The molecule has 176 valence electrons. The number of nitrogens with zero attached hydrogens (tertiary/aromatic N) is 1. The van der Waals surface area contributed by atoms with Crippen molar-refractivity contribution in [2.45, 2.75) is 32.4 Å². The maximum atomic E-state index is 12.4. The molecule has 1 aromatic heterocycles. The third-order valence-electron chi connectivity index (χ3n) is 3.89. The van der Waals surface area contributed by atoms with Crippen LogP contribution in [0.15, 0.2) is 41.9 Å². The summed E-state index contributed by atoms with van der Waals surface area (Å²) in [6.45, 7) is 7.85. The van der Waals surface area contributed by atoms with Crippen LogP contribution in [0.4, 0.5) is 10.5 Å². The van der Waals surface area contributed by atoms with Crippen LogP contribution in [-0.4, -0.2) is 52.2 Å². The van der Waals surface area contributed by atoms with E-state index < -0.39 is 42.1 Å². The predicted octanol–water partition coefficient (Wildman–Crippen LogP) is 1.36. The molecule has 12 heteroatoms. The van der Waals surface area contributed by atoms with Gasteiger partial charge in [0.05, 0.1) is 12.3 Å². The molecule has 0 bridgehead atoms. The molecule has 0 aliphatic heterocycles. The highest BCUT2D eigenvalue weighted by Gasteiger charge is 2.23. The molecule has 0 saturated heterocycles. The van der Waals surface area contributed by atoms with E-state index in [1.807, 2.05) is 0 Å². The lowest BCUT2D eigenvalue weighted by Crippen LogP contribution is -2.49. The molecule has 0 unspecified atom stereocenters. The quantitative estimate of drug-likeness (QED) is 0.358. The van der Waals surface area contributed by atoms with Crippen molar-refractivity contribution < 1.29 is 29.0 Å². The van der Waals surface area contributed by atoms with Crippen molar-refractivity contribution in [3.8, 4) is 10.6 Å². The van der Waals surface area contributed by atoms with Gasteiger partial charge in [0.25, 0.3) is 11.8 Å². The van der Waals surface area contributed by atoms with Gasteiger partial charge in [-0.15, -0.1) is 11.3 Å². The number of carbonyl (C=O) groups excluding carboxylic acids is 4. The van der Waals surface area contributed by atoms with Gasteiger partial charge in [-0.2, -0.15) is 0 Å². The highest BCUT2D eigenvalue weighted by Crippen LogP contribution is 2.25. The third-order valence-corrected chi connectivity index (χ3v) is 4.78. The van der Waals surface area contributed by atoms with Gasteiger partial charge in [-0.25, -0.2) is 9.78 Å². The maximum Gasteiger partial charge on any atom is 0.412 e. The van der Waals surface area contributed by atoms with Gasteiger partial charge in [0, 0.05) is 16.6 Å². The van der Waals surface area contributed by atoms with Gasteiger partial charge in [0.15, 0.2) is 0 Å². The molecule has 11 nitrogen and oxygen atoms in total. The summed E-state index contributed by atoms with van der Waals surface area (Å²) in [5, 5.41) is 18.5. The van der Waals surface area contributed by atoms with E-state index in [0.717, 1.165) is 0 Å². The van der Waals surface area contributed by atoms with Crippen molar-refractivity contribution in [1.82, 2.24) is 15.6 Å². The summed E-state index contributed by atoms with van der Waals surface area (Å²) in [4.78, 5) is 51.6. The minimum atomic E-state index is -1.34. The van der Waals surface area contributed by atoms with Gasteiger partial charge >= 0.3 is 6.09 Å². The van der Waals surface area contributed by atoms with E-state index in [1.54, 1.807) is 45.0 Å². The minimum Gasteiger partial charge on any atom is -0.444 e. The van der Waals surface area contributed by atoms with E-state index >= 15 is 0 Å². The monoisotopic (exact) mass is 475 g/mol. The molecule has 0 aliphatic rings. The Morgan fingerprint density at radius 3 is 2.39 bits per heavy atom. The summed E-state index contributed by atoms with van der Waals surface area (Å²) in [6.07, 6.45) is -0.578. The molecule has 1 atom stereocenters. The zero-order valence-corrected chi connectivity index (χ0v) is 19.1. The second-order valence-corrected chi connectivity index (χ2v) is 8.64. The number of primary amides is 1. The first-order valence-corrected chi connectivity index (χ1v) is 10.5. The Balaban J connectivity index is 2.02. The number of aromatic nitrogens is 1. The molecular weight excluding hydrogens is 450 g/mol. The lowest BCUT2D eigenvalue weighted by Gasteiger charge is -2.19. The first-order chi connectivity index (χ1) is 15.4. The minimum absolute atomic E-state index is 0.0333. The number of benzene rings is 1. The van der Waals surface area contributed by atoms with Crippen LogP contribution in [0.5, 0.6) is 0 Å². The lowest BCUT2D eigenvalue weighted by molar-refractivity contribution is -0.125. The van der Waals surface area contributed by atoms with Crippen LogP contribution < -0.4 is 21.7 Å². The number of aliphatic hydroxyl groups is 1. The summed E-state index contributed by atoms with van der Waals surface area (Å²) < 4.78 is 5.20. The van der Waals surface area contributed by atoms with E-state index in [1.165, 1.54) is 16.7 Å². The topological polar surface area (TPSA) is 173 Å². The van der Waals surface area contributed by atoms with Crippen molar-refractivity contribution in [2.75, 3.05) is 11.9 Å². The summed E-state index contributed by atoms with van der Waals surface area (Å²) in [6, 6.07) is 5.42. The van der Waals surface area contributed by atoms with Crippen LogP contribution in [0.25, 0.3) is 10.6 Å². The molecule has 0 saturated carbocycles. The van der Waals surface area contributed by atoms with Gasteiger partial charge in [-0.3, -0.25) is 19.7 Å². The summed E-state index contributed by atoms with van der Waals surface area (Å²) in [5.41, 5.74) is 5.27. The van der Waals surface area contributed by atoms with Gasteiger partial charge in [0.1, 0.15) is 22.3 Å². The Morgan fingerprint density at radius 1 is 1.21 bits per heavy atom. The molecule has 0 spiro atoms. The first-order valence-electron chi connectivity index (χ1n) is 9.67. The summed E-state index contributed by atoms with van der Waals surface area (Å²) in [7, 11) is 0. The second kappa shape index (κ2) is 10.7. The number of hydrogen-bond donors (Lipinski definition) is 5. The second-order valence-electron chi connectivity index (χ2n) is 7.78. The summed E-state index contributed by atoms with van der Waals surface area (Å²) in [5.74, 6) is -2.49. The highest BCUT2D eigenvalue weighted by molar-refractivity contribution is 7.13. The largest absolute Gasteiger partial charge is 0.444 e. The molecule has 0 fully saturated rings. The molecule has 0 aliphatic carbocycles. The number of nitrogens with two attached hydrogens (primary N) is 1. The fourth-order valence-electron chi connectivity index (χ4n) is 2.35. The number of thiazole rings is 1. The zero-order chi connectivity index (χ0) is 24.8. The molecule has 1 aromatic carbocycles. The summed E-state index contributed by atoms with van der Waals surface area (Å²) >= 11 is 1.19. The average molecular weight is 476 g/mol. The standard InChI is InChI=1S/C21H25N5O6S/c1-11(16(22)28)23-17(29)14(9-27)25-18(30)15-10-33-19(26-15)12-5-7-13(8-6-12)24-20(31)32-21(2,3)4/h5-8,10,14,27H,1,9H2,2-4H3,(H2,22,28)(H,23,29)(H,24,31)(H,25,30)/t14-/m0/s1. The molecule has 4 amide bonds. The van der Waals surface area contributed by atoms with Crippen molar-refractivity contribution in [3.05, 3.63) is 47.6 Å². The fourth-order valence-corrected chi connectivity index (χ4v) is 3.16. The first kappa shape index (κ1) is 25.5. The van der Waals surface area contributed by atoms with Crippen molar-refractivity contribution >= 4 is 40.8 Å². The zero-order valence-electron chi connectivity index (χ0n) is 18.3. The molecule has 1 heterocycles. The number of amides is 4. The number of hydrogen-bond acceptors (Lipinski definition) is 8. The SMILES string of the molecule is C=C(NC(=O)[C@H](CO)NC(=O)c1csc(-c2ccc(NC(=O)OC(C)(C)C)cc2)n1)C(N)=O. The van der Waals surface area contributed by atoms with E-state index in [9.17, 15) is 24.3 Å². The maximum absolute atomic E-state index is 12.4. The van der Waals surface area contributed by atoms with Crippen LogP contribution in [0.3, 0.4) is 0 Å². The number of rotatable bonds is 8. The molecular formula is C21H25N5O6S. The number of anilines is 1. The van der Waals surface area contributed by atoms with Crippen LogP contribution in [-0.2, 0) is 14.3 Å². The number of carbonyl (C=O) groups is 4. The Labute approximate surface area is 194 Å². The molecule has 33 heavy (non-hydrogen) atoms.